The van der Waals surface area contributed by atoms with Gasteiger partial charge >= 0.3 is 11.9 Å². The van der Waals surface area contributed by atoms with Crippen LogP contribution in [0.4, 0.5) is 0 Å². The van der Waals surface area contributed by atoms with E-state index in [0.29, 0.717) is 49.4 Å². The van der Waals surface area contributed by atoms with Crippen molar-refractivity contribution in [1.82, 2.24) is 0 Å². The van der Waals surface area contributed by atoms with E-state index in [4.69, 9.17) is 28.4 Å². The summed E-state index contributed by atoms with van der Waals surface area (Å²) in [5.74, 6) is 1.92. The van der Waals surface area contributed by atoms with E-state index in [1.807, 2.05) is 24.3 Å². The van der Waals surface area contributed by atoms with Crippen LogP contribution in [0.3, 0.4) is 0 Å². The van der Waals surface area contributed by atoms with Crippen molar-refractivity contribution in [3.8, 4) is 11.5 Å². The standard InChI is InChI=1S/C48H74O8/c1-8-15-21-37(13-6)30-51-32-39(55-45(49)25-17-10-3)34-53-47-41-23-19-20-24-42(41)48(44-29-36(12-5)27-28-43(44)47)54-35-40(56-46(50)26-18-11-4)33-52-31-38(14-7)22-16-9-2/h19-20,23-24,27-29,37-40H,8-18,21-22,25-26,30-35H2,1-7H3. The summed E-state index contributed by atoms with van der Waals surface area (Å²) in [5.41, 5.74) is 1.16. The van der Waals surface area contributed by atoms with Crippen LogP contribution in [0.2, 0.25) is 0 Å². The number of carbonyl (C=O) groups is 2. The zero-order valence-electron chi connectivity index (χ0n) is 36.0. The molecule has 3 aromatic rings. The Labute approximate surface area is 338 Å². The number of aryl methyl sites for hydroxylation is 1. The second kappa shape index (κ2) is 27.3. The molecule has 0 saturated heterocycles. The van der Waals surface area contributed by atoms with Crippen LogP contribution in [0.1, 0.15) is 144 Å². The Balaban J connectivity index is 1.93. The first-order valence-electron chi connectivity index (χ1n) is 22.1. The number of ether oxygens (including phenoxy) is 6. The van der Waals surface area contributed by atoms with Gasteiger partial charge in [-0.05, 0) is 55.6 Å². The number of fused-ring (bicyclic) bond motifs is 2. The highest BCUT2D eigenvalue weighted by Gasteiger charge is 2.23. The van der Waals surface area contributed by atoms with Gasteiger partial charge in [0.15, 0.2) is 12.2 Å². The maximum atomic E-state index is 12.9. The molecular weight excluding hydrogens is 705 g/mol. The van der Waals surface area contributed by atoms with Crippen molar-refractivity contribution in [2.75, 3.05) is 39.6 Å². The summed E-state index contributed by atoms with van der Waals surface area (Å²) in [6, 6.07) is 14.4. The number of unbranched alkanes of at least 4 members (excludes halogenated alkanes) is 4. The van der Waals surface area contributed by atoms with Crippen LogP contribution in [0, 0.1) is 11.8 Å². The highest BCUT2D eigenvalue weighted by molar-refractivity contribution is 6.11. The maximum absolute atomic E-state index is 12.9. The van der Waals surface area contributed by atoms with Crippen molar-refractivity contribution >= 4 is 33.5 Å². The minimum Gasteiger partial charge on any atom is -0.488 e. The molecule has 56 heavy (non-hydrogen) atoms. The molecular formula is C48H74O8. The van der Waals surface area contributed by atoms with Crippen LogP contribution in [-0.2, 0) is 35.0 Å². The van der Waals surface area contributed by atoms with E-state index in [2.05, 4.69) is 66.7 Å². The van der Waals surface area contributed by atoms with Gasteiger partial charge < -0.3 is 28.4 Å². The number of hydrogen-bond donors (Lipinski definition) is 0. The fourth-order valence-electron chi connectivity index (χ4n) is 6.92. The first-order valence-corrected chi connectivity index (χ1v) is 22.1. The van der Waals surface area contributed by atoms with Gasteiger partial charge in [-0.3, -0.25) is 9.59 Å². The molecule has 0 fully saturated rings. The molecule has 0 spiro atoms. The van der Waals surface area contributed by atoms with Gasteiger partial charge in [-0.2, -0.15) is 0 Å². The average Bonchev–Trinajstić information content (AvgIpc) is 3.22. The Morgan fingerprint density at radius 1 is 0.518 bits per heavy atom. The monoisotopic (exact) mass is 779 g/mol. The van der Waals surface area contributed by atoms with Crippen molar-refractivity contribution in [3.05, 3.63) is 48.0 Å². The van der Waals surface area contributed by atoms with Gasteiger partial charge in [-0.1, -0.05) is 136 Å². The summed E-state index contributed by atoms with van der Waals surface area (Å²) in [6.07, 6.45) is 12.9. The SMILES string of the molecule is CCCCC(=O)OC(COCC(CC)CCCC)COc1c2ccccc2c(OCC(COCC(CC)CCCC)OC(=O)CCCC)c2cc(CC)ccc12. The Kier molecular flexibility index (Phi) is 22.9. The van der Waals surface area contributed by atoms with Gasteiger partial charge in [0.25, 0.3) is 0 Å². The quantitative estimate of drug-likeness (QED) is 0.0471. The third-order valence-corrected chi connectivity index (χ3v) is 10.7. The van der Waals surface area contributed by atoms with Gasteiger partial charge in [0.1, 0.15) is 24.7 Å². The topological polar surface area (TPSA) is 89.5 Å². The molecule has 314 valence electrons. The summed E-state index contributed by atoms with van der Waals surface area (Å²) in [5, 5.41) is 3.58. The van der Waals surface area contributed by atoms with Crippen molar-refractivity contribution in [2.24, 2.45) is 11.8 Å². The highest BCUT2D eigenvalue weighted by Crippen LogP contribution is 2.43. The predicted molar refractivity (Wildman–Crippen MR) is 229 cm³/mol. The smallest absolute Gasteiger partial charge is 0.306 e. The van der Waals surface area contributed by atoms with Crippen molar-refractivity contribution < 1.29 is 38.0 Å². The molecule has 0 N–H and O–H groups in total. The lowest BCUT2D eigenvalue weighted by Gasteiger charge is -2.24. The number of hydrogen-bond acceptors (Lipinski definition) is 8. The molecule has 8 nitrogen and oxygen atoms in total. The van der Waals surface area contributed by atoms with Gasteiger partial charge in [0, 0.05) is 47.6 Å². The molecule has 0 aliphatic heterocycles. The molecule has 0 aliphatic carbocycles. The largest absolute Gasteiger partial charge is 0.488 e. The number of benzene rings is 3. The summed E-state index contributed by atoms with van der Waals surface area (Å²) in [6.45, 7) is 17.2. The van der Waals surface area contributed by atoms with E-state index in [1.165, 1.54) is 12.8 Å². The van der Waals surface area contributed by atoms with Crippen LogP contribution in [0.5, 0.6) is 11.5 Å². The van der Waals surface area contributed by atoms with Crippen LogP contribution in [0.15, 0.2) is 42.5 Å². The van der Waals surface area contributed by atoms with Crippen LogP contribution in [-0.4, -0.2) is 63.8 Å². The molecule has 0 saturated carbocycles. The molecule has 0 heterocycles. The molecule has 0 aliphatic rings. The summed E-state index contributed by atoms with van der Waals surface area (Å²) in [7, 11) is 0. The van der Waals surface area contributed by atoms with E-state index in [-0.39, 0.29) is 38.4 Å². The predicted octanol–water partition coefficient (Wildman–Crippen LogP) is 12.0. The molecule has 0 aromatic heterocycles. The van der Waals surface area contributed by atoms with E-state index in [1.54, 1.807) is 0 Å². The minimum atomic E-state index is -0.556. The first kappa shape index (κ1) is 47.0. The van der Waals surface area contributed by atoms with Gasteiger partial charge in [-0.15, -0.1) is 0 Å². The maximum Gasteiger partial charge on any atom is 0.306 e. The van der Waals surface area contributed by atoms with E-state index >= 15 is 0 Å². The highest BCUT2D eigenvalue weighted by atomic mass is 16.6. The van der Waals surface area contributed by atoms with E-state index in [0.717, 1.165) is 97.7 Å². The Morgan fingerprint density at radius 3 is 1.39 bits per heavy atom. The third kappa shape index (κ3) is 15.9. The lowest BCUT2D eigenvalue weighted by atomic mass is 9.98. The van der Waals surface area contributed by atoms with Crippen molar-refractivity contribution in [3.63, 3.8) is 0 Å². The summed E-state index contributed by atoms with van der Waals surface area (Å²) in [4.78, 5) is 25.8. The first-order chi connectivity index (χ1) is 27.3. The number of carbonyl (C=O) groups excluding carboxylic acids is 2. The van der Waals surface area contributed by atoms with Gasteiger partial charge in [-0.25, -0.2) is 0 Å². The van der Waals surface area contributed by atoms with Crippen LogP contribution in [0.25, 0.3) is 21.5 Å². The molecule has 8 heteroatoms. The minimum absolute atomic E-state index is 0.155. The average molecular weight is 779 g/mol. The fraction of sp³-hybridized carbons (Fsp3) is 0.667. The lowest BCUT2D eigenvalue weighted by Crippen LogP contribution is -2.31. The molecule has 3 rings (SSSR count). The van der Waals surface area contributed by atoms with Crippen LogP contribution < -0.4 is 9.47 Å². The molecule has 4 unspecified atom stereocenters. The Morgan fingerprint density at radius 2 is 0.964 bits per heavy atom. The normalized spacial score (nSPS) is 13.7. The molecule has 0 radical (unpaired) electrons. The van der Waals surface area contributed by atoms with Crippen molar-refractivity contribution in [1.29, 1.82) is 0 Å². The second-order valence-corrected chi connectivity index (χ2v) is 15.4. The van der Waals surface area contributed by atoms with Gasteiger partial charge in [0.2, 0.25) is 0 Å². The zero-order chi connectivity index (χ0) is 40.5. The van der Waals surface area contributed by atoms with Crippen molar-refractivity contribution in [2.45, 2.75) is 157 Å². The van der Waals surface area contributed by atoms with E-state index in [9.17, 15) is 9.59 Å². The summed E-state index contributed by atoms with van der Waals surface area (Å²) >= 11 is 0. The number of esters is 2. The molecule has 4 atom stereocenters. The molecule has 3 aromatic carbocycles. The molecule has 0 bridgehead atoms. The Bertz CT molecular complexity index is 1550. The Hall–Kier alpha value is -3.36. The van der Waals surface area contributed by atoms with E-state index < -0.39 is 12.2 Å². The number of rotatable bonds is 31. The lowest BCUT2D eigenvalue weighted by molar-refractivity contribution is -0.155. The molecule has 0 amide bonds. The zero-order valence-corrected chi connectivity index (χ0v) is 36.0. The van der Waals surface area contributed by atoms with Crippen LogP contribution >= 0.6 is 0 Å². The fourth-order valence-corrected chi connectivity index (χ4v) is 6.92. The van der Waals surface area contributed by atoms with Gasteiger partial charge in [0.05, 0.1) is 13.2 Å². The third-order valence-electron chi connectivity index (χ3n) is 10.7. The summed E-state index contributed by atoms with van der Waals surface area (Å²) < 4.78 is 37.8. The second-order valence-electron chi connectivity index (χ2n) is 15.4.